The summed E-state index contributed by atoms with van der Waals surface area (Å²) in [7, 11) is 1.55. The maximum Gasteiger partial charge on any atom is 0.329 e. The first-order chi connectivity index (χ1) is 9.63. The molecule has 0 aliphatic heterocycles. The van der Waals surface area contributed by atoms with Gasteiger partial charge in [-0.15, -0.1) is 0 Å². The van der Waals surface area contributed by atoms with Crippen molar-refractivity contribution in [3.05, 3.63) is 42.0 Å². The first-order valence-corrected chi connectivity index (χ1v) is 5.82. The van der Waals surface area contributed by atoms with Crippen LogP contribution in [-0.4, -0.2) is 25.1 Å². The Hall–Kier alpha value is -2.89. The molecule has 0 fully saturated rings. The lowest BCUT2D eigenvalue weighted by molar-refractivity contribution is -0.137. The van der Waals surface area contributed by atoms with Gasteiger partial charge in [0, 0.05) is 5.56 Å². The minimum absolute atomic E-state index is 0.612. The third kappa shape index (κ3) is 2.74. The molecule has 102 valence electrons. The molecule has 0 heterocycles. The van der Waals surface area contributed by atoms with E-state index in [-0.39, 0.29) is 0 Å². The van der Waals surface area contributed by atoms with E-state index in [1.165, 1.54) is 6.21 Å². The predicted molar refractivity (Wildman–Crippen MR) is 75.4 cm³/mol. The number of amides is 2. The number of methoxy groups -OCH3 is 1. The molecule has 0 atom stereocenters. The lowest BCUT2D eigenvalue weighted by Crippen LogP contribution is -2.32. The van der Waals surface area contributed by atoms with E-state index in [2.05, 4.69) is 5.10 Å². The normalized spacial score (nSPS) is 10.7. The first kappa shape index (κ1) is 13.5. The van der Waals surface area contributed by atoms with E-state index in [0.29, 0.717) is 11.3 Å². The number of carbonyl (C=O) groups excluding carboxylic acids is 2. The van der Waals surface area contributed by atoms with E-state index in [4.69, 9.17) is 10.5 Å². The summed E-state index contributed by atoms with van der Waals surface area (Å²) < 4.78 is 5.26. The van der Waals surface area contributed by atoms with Crippen molar-refractivity contribution in [1.82, 2.24) is 5.43 Å². The second-order valence-corrected chi connectivity index (χ2v) is 3.97. The van der Waals surface area contributed by atoms with Gasteiger partial charge in [-0.1, -0.05) is 30.3 Å². The number of nitrogens with one attached hydrogen (secondary N) is 1. The molecule has 0 aromatic heterocycles. The number of ether oxygens (including phenoxy) is 1. The molecular formula is C14H13N3O3. The Morgan fingerprint density at radius 3 is 2.70 bits per heavy atom. The number of nitrogens with two attached hydrogens (primary N) is 1. The molecule has 2 aromatic carbocycles. The minimum Gasteiger partial charge on any atom is -0.496 e. The Morgan fingerprint density at radius 1 is 1.25 bits per heavy atom. The van der Waals surface area contributed by atoms with Gasteiger partial charge in [-0.3, -0.25) is 9.59 Å². The average Bonchev–Trinajstić information content (AvgIpc) is 2.47. The van der Waals surface area contributed by atoms with Crippen molar-refractivity contribution in [2.45, 2.75) is 0 Å². The molecule has 3 N–H and O–H groups in total. The van der Waals surface area contributed by atoms with Gasteiger partial charge in [-0.05, 0) is 16.8 Å². The van der Waals surface area contributed by atoms with Crippen molar-refractivity contribution in [1.29, 1.82) is 0 Å². The van der Waals surface area contributed by atoms with E-state index in [1.807, 2.05) is 35.8 Å². The van der Waals surface area contributed by atoms with Gasteiger partial charge >= 0.3 is 11.8 Å². The maximum atomic E-state index is 11.0. The Labute approximate surface area is 115 Å². The molecule has 2 aromatic rings. The highest BCUT2D eigenvalue weighted by molar-refractivity contribution is 6.34. The Balaban J connectivity index is 2.39. The molecule has 0 aliphatic rings. The second-order valence-electron chi connectivity index (χ2n) is 3.97. The molecule has 0 saturated carbocycles. The van der Waals surface area contributed by atoms with Crippen molar-refractivity contribution in [2.75, 3.05) is 7.11 Å². The van der Waals surface area contributed by atoms with Crippen LogP contribution in [0, 0.1) is 0 Å². The summed E-state index contributed by atoms with van der Waals surface area (Å²) in [6.45, 7) is 0. The lowest BCUT2D eigenvalue weighted by Gasteiger charge is -2.08. The quantitative estimate of drug-likeness (QED) is 0.491. The number of fused-ring (bicyclic) bond motifs is 1. The molecule has 20 heavy (non-hydrogen) atoms. The molecule has 2 amide bonds. The van der Waals surface area contributed by atoms with Gasteiger partial charge < -0.3 is 10.5 Å². The van der Waals surface area contributed by atoms with Crippen molar-refractivity contribution in [3.8, 4) is 5.75 Å². The van der Waals surface area contributed by atoms with Crippen LogP contribution in [0.5, 0.6) is 5.75 Å². The molecule has 0 spiro atoms. The van der Waals surface area contributed by atoms with E-state index < -0.39 is 11.8 Å². The number of hydrogen-bond acceptors (Lipinski definition) is 4. The van der Waals surface area contributed by atoms with Gasteiger partial charge in [0.15, 0.2) is 0 Å². The molecule has 2 rings (SSSR count). The van der Waals surface area contributed by atoms with Gasteiger partial charge in [0.05, 0.1) is 13.3 Å². The Bertz CT molecular complexity index is 695. The Morgan fingerprint density at radius 2 is 2.00 bits per heavy atom. The fourth-order valence-corrected chi connectivity index (χ4v) is 1.80. The summed E-state index contributed by atoms with van der Waals surface area (Å²) in [6, 6.07) is 11.4. The topological polar surface area (TPSA) is 93.8 Å². The third-order valence-corrected chi connectivity index (χ3v) is 2.73. The van der Waals surface area contributed by atoms with E-state index in [0.717, 1.165) is 10.8 Å². The zero-order valence-electron chi connectivity index (χ0n) is 10.8. The van der Waals surface area contributed by atoms with Gasteiger partial charge in [-0.2, -0.15) is 5.10 Å². The number of hydrazone groups is 1. The summed E-state index contributed by atoms with van der Waals surface area (Å²) in [5.41, 5.74) is 7.56. The van der Waals surface area contributed by atoms with Crippen LogP contribution in [0.1, 0.15) is 5.56 Å². The maximum absolute atomic E-state index is 11.0. The fourth-order valence-electron chi connectivity index (χ4n) is 1.80. The van der Waals surface area contributed by atoms with Crippen molar-refractivity contribution >= 4 is 28.8 Å². The summed E-state index contributed by atoms with van der Waals surface area (Å²) in [6.07, 6.45) is 1.42. The summed E-state index contributed by atoms with van der Waals surface area (Å²) >= 11 is 0. The smallest absolute Gasteiger partial charge is 0.329 e. The first-order valence-electron chi connectivity index (χ1n) is 5.82. The van der Waals surface area contributed by atoms with Crippen LogP contribution in [0.3, 0.4) is 0 Å². The van der Waals surface area contributed by atoms with Crippen LogP contribution in [0.15, 0.2) is 41.5 Å². The van der Waals surface area contributed by atoms with Gasteiger partial charge in [0.25, 0.3) is 0 Å². The standard InChI is InChI=1S/C14H13N3O3/c1-20-12-7-6-9-4-2-3-5-10(9)11(12)8-16-17-14(19)13(15)18/h2-8H,1H3,(H2,15,18)(H,17,19)/b16-8-. The molecule has 0 radical (unpaired) electrons. The van der Waals surface area contributed by atoms with Crippen LogP contribution in [0.2, 0.25) is 0 Å². The zero-order valence-corrected chi connectivity index (χ0v) is 10.8. The number of rotatable bonds is 3. The molecule has 0 aliphatic carbocycles. The van der Waals surface area contributed by atoms with Crippen molar-refractivity contribution in [3.63, 3.8) is 0 Å². The number of carbonyl (C=O) groups is 2. The average molecular weight is 271 g/mol. The van der Waals surface area contributed by atoms with Gasteiger partial charge in [-0.25, -0.2) is 5.43 Å². The lowest BCUT2D eigenvalue weighted by atomic mass is 10.0. The third-order valence-electron chi connectivity index (χ3n) is 2.73. The van der Waals surface area contributed by atoms with Crippen LogP contribution in [-0.2, 0) is 9.59 Å². The second kappa shape index (κ2) is 5.83. The van der Waals surface area contributed by atoms with E-state index in [9.17, 15) is 9.59 Å². The molecule has 0 saturated heterocycles. The number of nitrogens with zero attached hydrogens (tertiary/aromatic N) is 1. The van der Waals surface area contributed by atoms with E-state index in [1.54, 1.807) is 13.2 Å². The number of hydrogen-bond donors (Lipinski definition) is 2. The number of primary amides is 1. The largest absolute Gasteiger partial charge is 0.496 e. The van der Waals surface area contributed by atoms with Crippen molar-refractivity contribution < 1.29 is 14.3 Å². The van der Waals surface area contributed by atoms with Crippen LogP contribution < -0.4 is 15.9 Å². The SMILES string of the molecule is COc1ccc2ccccc2c1/C=N\NC(=O)C(N)=O. The predicted octanol–water partition coefficient (Wildman–Crippen LogP) is 0.784. The summed E-state index contributed by atoms with van der Waals surface area (Å²) in [5.74, 6) is -1.45. The summed E-state index contributed by atoms with van der Waals surface area (Å²) in [5, 5.41) is 5.65. The highest BCUT2D eigenvalue weighted by atomic mass is 16.5. The van der Waals surface area contributed by atoms with Crippen LogP contribution in [0.4, 0.5) is 0 Å². The molecule has 0 unspecified atom stereocenters. The number of benzene rings is 2. The van der Waals surface area contributed by atoms with Gasteiger partial charge in [0.2, 0.25) is 0 Å². The monoisotopic (exact) mass is 271 g/mol. The van der Waals surface area contributed by atoms with Gasteiger partial charge in [0.1, 0.15) is 5.75 Å². The van der Waals surface area contributed by atoms with Crippen LogP contribution >= 0.6 is 0 Å². The summed E-state index contributed by atoms with van der Waals surface area (Å²) in [4.78, 5) is 21.6. The Kier molecular flexibility index (Phi) is 3.95. The zero-order chi connectivity index (χ0) is 14.5. The van der Waals surface area contributed by atoms with Crippen LogP contribution in [0.25, 0.3) is 10.8 Å². The van der Waals surface area contributed by atoms with E-state index >= 15 is 0 Å². The minimum atomic E-state index is -1.09. The molecule has 6 nitrogen and oxygen atoms in total. The fraction of sp³-hybridized carbons (Fsp3) is 0.0714. The van der Waals surface area contributed by atoms with Crippen molar-refractivity contribution in [2.24, 2.45) is 10.8 Å². The highest BCUT2D eigenvalue weighted by Crippen LogP contribution is 2.26. The molecular weight excluding hydrogens is 258 g/mol. The molecule has 6 heteroatoms. The highest BCUT2D eigenvalue weighted by Gasteiger charge is 2.08. The molecule has 0 bridgehead atoms.